The van der Waals surface area contributed by atoms with E-state index in [1.807, 2.05) is 0 Å². The van der Waals surface area contributed by atoms with E-state index in [4.69, 9.17) is 0 Å². The molecule has 0 saturated carbocycles. The minimum absolute atomic E-state index is 0. The van der Waals surface area contributed by atoms with Gasteiger partial charge in [-0.3, -0.25) is 0 Å². The van der Waals surface area contributed by atoms with Gasteiger partial charge in [-0.1, -0.05) is 5.57 Å². The number of aliphatic carboxylic acids is 2. The van der Waals surface area contributed by atoms with Gasteiger partial charge in [0.05, 0.1) is 11.9 Å². The van der Waals surface area contributed by atoms with Gasteiger partial charge in [0.15, 0.2) is 0 Å². The van der Waals surface area contributed by atoms with E-state index < -0.39 is 17.5 Å². The van der Waals surface area contributed by atoms with Crippen LogP contribution in [0.2, 0.25) is 0 Å². The van der Waals surface area contributed by atoms with Gasteiger partial charge in [-0.25, -0.2) is 0 Å². The molecule has 0 fully saturated rings. The van der Waals surface area contributed by atoms with Gasteiger partial charge >= 0.3 is 0 Å². The van der Waals surface area contributed by atoms with Gasteiger partial charge in [-0.05, 0) is 13.8 Å². The Morgan fingerprint density at radius 1 is 1.00 bits per heavy atom. The second-order valence-corrected chi connectivity index (χ2v) is 1.95. The predicted molar refractivity (Wildman–Crippen MR) is 28.4 cm³/mol. The molecule has 0 saturated heterocycles. The fourth-order valence-corrected chi connectivity index (χ4v) is 0.492. The van der Waals surface area contributed by atoms with Crippen LogP contribution in [0.4, 0.5) is 0 Å². The van der Waals surface area contributed by atoms with E-state index in [9.17, 15) is 19.8 Å². The molecule has 67 valence electrons. The number of carboxylic acids is 2. The summed E-state index contributed by atoms with van der Waals surface area (Å²) in [6.45, 7) is 2.72. The molecule has 0 aromatic rings. The van der Waals surface area contributed by atoms with E-state index in [0.29, 0.717) is 0 Å². The summed E-state index contributed by atoms with van der Waals surface area (Å²) in [6, 6.07) is 0. The summed E-state index contributed by atoms with van der Waals surface area (Å²) < 4.78 is 0. The van der Waals surface area contributed by atoms with Gasteiger partial charge in [-0.15, -0.1) is 0 Å². The number of rotatable bonds is 2. The molecule has 0 aliphatic rings. The first-order chi connectivity index (χ1) is 4.46. The van der Waals surface area contributed by atoms with E-state index >= 15 is 0 Å². The van der Waals surface area contributed by atoms with Crippen molar-refractivity contribution in [3.63, 3.8) is 0 Å². The average Bonchev–Trinajstić information content (AvgIpc) is 1.59. The molecule has 0 aromatic heterocycles. The van der Waals surface area contributed by atoms with Crippen molar-refractivity contribution >= 4 is 11.9 Å². The summed E-state index contributed by atoms with van der Waals surface area (Å²) in [5, 5.41) is 20.0. The first kappa shape index (κ1) is 13.0. The van der Waals surface area contributed by atoms with Crippen molar-refractivity contribution in [3.8, 4) is 0 Å². The van der Waals surface area contributed by atoms with Crippen molar-refractivity contribution in [2.75, 3.05) is 0 Å². The molecular weight excluding hydrogens is 244 g/mol. The minimum atomic E-state index is -1.71. The van der Waals surface area contributed by atoms with Gasteiger partial charge in [0.1, 0.15) is 0 Å². The van der Waals surface area contributed by atoms with E-state index in [1.165, 1.54) is 13.8 Å². The molecule has 0 spiro atoms. The largest absolute Gasteiger partial charge is 0.545 e. The Morgan fingerprint density at radius 3 is 1.27 bits per heavy atom. The first-order valence-electron chi connectivity index (χ1n) is 2.57. The van der Waals surface area contributed by atoms with Crippen LogP contribution in [0.25, 0.3) is 0 Å². The normalized spacial score (nSPS) is 7.82. The topological polar surface area (TPSA) is 80.3 Å². The molecule has 1 radical (unpaired) electrons. The SMILES string of the molecule is CC(C)=C(C(=O)[O-])C(=O)[O-].[Ag]. The fourth-order valence-electron chi connectivity index (χ4n) is 0.492. The van der Waals surface area contributed by atoms with E-state index in [0.717, 1.165) is 0 Å². The Balaban J connectivity index is 0. The maximum atomic E-state index is 9.99. The summed E-state index contributed by atoms with van der Waals surface area (Å²) in [4.78, 5) is 20.0. The molecule has 0 N–H and O–H groups in total. The monoisotopic (exact) mass is 249 g/mol. The molecule has 0 aliphatic heterocycles. The van der Waals surface area contributed by atoms with Crippen molar-refractivity contribution in [3.05, 3.63) is 11.1 Å². The number of hydrogen-bond donors (Lipinski definition) is 0. The Morgan fingerprint density at radius 2 is 1.27 bits per heavy atom. The zero-order valence-electron chi connectivity index (χ0n) is 5.93. The first-order valence-corrected chi connectivity index (χ1v) is 2.57. The van der Waals surface area contributed by atoms with Crippen LogP contribution in [0.1, 0.15) is 13.8 Å². The van der Waals surface area contributed by atoms with Crippen LogP contribution in [0.15, 0.2) is 11.1 Å². The number of hydrogen-bond acceptors (Lipinski definition) is 4. The molecule has 0 amide bonds. The Bertz CT molecular complexity index is 187. The molecule has 0 heterocycles. The van der Waals surface area contributed by atoms with Crippen LogP contribution < -0.4 is 10.2 Å². The fraction of sp³-hybridized carbons (Fsp3) is 0.333. The summed E-state index contributed by atoms with van der Waals surface area (Å²) in [5.74, 6) is -3.42. The summed E-state index contributed by atoms with van der Waals surface area (Å²) >= 11 is 0. The van der Waals surface area contributed by atoms with Crippen LogP contribution >= 0.6 is 0 Å². The van der Waals surface area contributed by atoms with Crippen molar-refractivity contribution in [2.24, 2.45) is 0 Å². The molecule has 0 bridgehead atoms. The molecule has 5 heteroatoms. The minimum Gasteiger partial charge on any atom is -0.545 e. The van der Waals surface area contributed by atoms with Crippen molar-refractivity contribution in [2.45, 2.75) is 13.8 Å². The maximum Gasteiger partial charge on any atom is 0.0732 e. The van der Waals surface area contributed by atoms with E-state index in [1.54, 1.807) is 0 Å². The van der Waals surface area contributed by atoms with Gasteiger partial charge in [0.2, 0.25) is 0 Å². The molecule has 0 aromatic carbocycles. The van der Waals surface area contributed by atoms with Gasteiger partial charge < -0.3 is 19.8 Å². The van der Waals surface area contributed by atoms with Crippen LogP contribution in [-0.4, -0.2) is 11.9 Å². The summed E-state index contributed by atoms with van der Waals surface area (Å²) in [6.07, 6.45) is 0. The van der Waals surface area contributed by atoms with Crippen molar-refractivity contribution in [1.29, 1.82) is 0 Å². The molecule has 0 atom stereocenters. The van der Waals surface area contributed by atoms with Crippen LogP contribution in [-0.2, 0) is 32.0 Å². The number of carboxylic acid groups (broad SMARTS) is 2. The van der Waals surface area contributed by atoms with Gasteiger partial charge in [0.25, 0.3) is 0 Å². The maximum absolute atomic E-state index is 9.99. The van der Waals surface area contributed by atoms with Crippen LogP contribution in [0.3, 0.4) is 0 Å². The average molecular weight is 250 g/mol. The summed E-state index contributed by atoms with van der Waals surface area (Å²) in [7, 11) is 0. The second kappa shape index (κ2) is 5.12. The Labute approximate surface area is 79.4 Å². The van der Waals surface area contributed by atoms with Crippen LogP contribution in [0, 0.1) is 0 Å². The molecular formula is C6H6AgO4-2. The van der Waals surface area contributed by atoms with Gasteiger partial charge in [0, 0.05) is 28.0 Å². The second-order valence-electron chi connectivity index (χ2n) is 1.95. The predicted octanol–water partition coefficient (Wildman–Crippen LogP) is -2.18. The number of carbonyl (C=O) groups is 2. The third-order valence-electron chi connectivity index (χ3n) is 0.908. The zero-order valence-corrected chi connectivity index (χ0v) is 7.42. The smallest absolute Gasteiger partial charge is 0.0732 e. The van der Waals surface area contributed by atoms with Crippen molar-refractivity contribution in [1.82, 2.24) is 0 Å². The molecule has 0 rings (SSSR count). The number of carbonyl (C=O) groups excluding carboxylic acids is 2. The third kappa shape index (κ3) is 3.98. The summed E-state index contributed by atoms with van der Waals surface area (Å²) in [5.41, 5.74) is -0.611. The molecule has 4 nitrogen and oxygen atoms in total. The quantitative estimate of drug-likeness (QED) is 0.241. The number of allylic oxidation sites excluding steroid dienone is 1. The standard InChI is InChI=1S/C6H8O4.Ag/c1-3(2)4(5(7)8)6(9)10;/h1-2H3,(H,7,8)(H,9,10);/p-2. The van der Waals surface area contributed by atoms with E-state index in [-0.39, 0.29) is 28.0 Å². The van der Waals surface area contributed by atoms with Crippen LogP contribution in [0.5, 0.6) is 0 Å². The van der Waals surface area contributed by atoms with Gasteiger partial charge in [-0.2, -0.15) is 0 Å². The van der Waals surface area contributed by atoms with Crippen molar-refractivity contribution < 1.29 is 42.2 Å². The Hall–Kier alpha value is -0.580. The third-order valence-corrected chi connectivity index (χ3v) is 0.908. The zero-order chi connectivity index (χ0) is 8.31. The molecule has 0 unspecified atom stereocenters. The molecule has 11 heavy (non-hydrogen) atoms. The van der Waals surface area contributed by atoms with E-state index in [2.05, 4.69) is 0 Å². The molecule has 0 aliphatic carbocycles. The Kier molecular flexibility index (Phi) is 6.07.